The maximum absolute atomic E-state index is 12.1. The van der Waals surface area contributed by atoms with Crippen molar-refractivity contribution in [3.8, 4) is 0 Å². The van der Waals surface area contributed by atoms with E-state index >= 15 is 0 Å². The van der Waals surface area contributed by atoms with Crippen LogP contribution in [0.15, 0.2) is 30.5 Å². The zero-order valence-corrected chi connectivity index (χ0v) is 14.6. The summed E-state index contributed by atoms with van der Waals surface area (Å²) >= 11 is 7.70. The molecule has 1 fully saturated rings. The van der Waals surface area contributed by atoms with Gasteiger partial charge in [-0.25, -0.2) is 4.98 Å². The van der Waals surface area contributed by atoms with Crippen molar-refractivity contribution >= 4 is 34.0 Å². The van der Waals surface area contributed by atoms with E-state index < -0.39 is 0 Å². The van der Waals surface area contributed by atoms with E-state index in [1.807, 2.05) is 30.5 Å². The Bertz CT molecular complexity index is 667. The Morgan fingerprint density at radius 1 is 1.26 bits per heavy atom. The van der Waals surface area contributed by atoms with E-state index in [0.29, 0.717) is 11.7 Å². The maximum atomic E-state index is 12.1. The highest BCUT2D eigenvalue weighted by atomic mass is 35.5. The SMILES string of the molecule is O=C(C[NH+]1CCCCC1)Nc1ncc(Cc2ccccc2Cl)s1. The van der Waals surface area contributed by atoms with E-state index in [1.54, 1.807) is 0 Å². The number of piperidine rings is 1. The summed E-state index contributed by atoms with van der Waals surface area (Å²) in [5, 5.41) is 4.36. The van der Waals surface area contributed by atoms with Gasteiger partial charge < -0.3 is 4.90 Å². The van der Waals surface area contributed by atoms with Gasteiger partial charge in [-0.2, -0.15) is 0 Å². The number of hydrogen-bond donors (Lipinski definition) is 2. The number of carbonyl (C=O) groups is 1. The first-order valence-corrected chi connectivity index (χ1v) is 9.21. The van der Waals surface area contributed by atoms with Crippen LogP contribution in [0.4, 0.5) is 5.13 Å². The van der Waals surface area contributed by atoms with Crippen LogP contribution in [0.25, 0.3) is 0 Å². The number of rotatable bonds is 5. The van der Waals surface area contributed by atoms with Gasteiger partial charge in [-0.1, -0.05) is 29.8 Å². The minimum absolute atomic E-state index is 0.0561. The lowest BCUT2D eigenvalue weighted by Gasteiger charge is -2.22. The molecular formula is C17H21ClN3OS+. The molecule has 0 saturated carbocycles. The molecule has 0 radical (unpaired) electrons. The van der Waals surface area contributed by atoms with Crippen LogP contribution in [0.3, 0.4) is 0 Å². The van der Waals surface area contributed by atoms with Gasteiger partial charge in [0.2, 0.25) is 0 Å². The van der Waals surface area contributed by atoms with Crippen LogP contribution in [0.1, 0.15) is 29.7 Å². The van der Waals surface area contributed by atoms with Gasteiger partial charge in [0.15, 0.2) is 11.7 Å². The number of hydrogen-bond acceptors (Lipinski definition) is 3. The highest BCUT2D eigenvalue weighted by Gasteiger charge is 2.18. The lowest BCUT2D eigenvalue weighted by molar-refractivity contribution is -0.896. The van der Waals surface area contributed by atoms with Crippen molar-refractivity contribution in [2.45, 2.75) is 25.7 Å². The first-order chi connectivity index (χ1) is 11.2. The Morgan fingerprint density at radius 2 is 2.04 bits per heavy atom. The number of amides is 1. The molecule has 3 rings (SSSR count). The fourth-order valence-corrected chi connectivity index (χ4v) is 3.95. The van der Waals surface area contributed by atoms with Crippen molar-refractivity contribution in [3.63, 3.8) is 0 Å². The number of nitrogens with zero attached hydrogens (tertiary/aromatic N) is 1. The molecule has 6 heteroatoms. The topological polar surface area (TPSA) is 46.4 Å². The second-order valence-electron chi connectivity index (χ2n) is 5.94. The predicted octanol–water partition coefficient (Wildman–Crippen LogP) is 2.39. The van der Waals surface area contributed by atoms with Gasteiger partial charge in [0.25, 0.3) is 5.91 Å². The summed E-state index contributed by atoms with van der Waals surface area (Å²) in [6.07, 6.45) is 6.30. The van der Waals surface area contributed by atoms with Crippen LogP contribution in [0.2, 0.25) is 5.02 Å². The van der Waals surface area contributed by atoms with E-state index in [9.17, 15) is 4.79 Å². The van der Waals surface area contributed by atoms with Gasteiger partial charge in [-0.3, -0.25) is 10.1 Å². The number of thiazole rings is 1. The first kappa shape index (κ1) is 16.4. The molecule has 122 valence electrons. The lowest BCUT2D eigenvalue weighted by Crippen LogP contribution is -3.13. The summed E-state index contributed by atoms with van der Waals surface area (Å²) in [4.78, 5) is 18.9. The highest BCUT2D eigenvalue weighted by molar-refractivity contribution is 7.15. The minimum atomic E-state index is 0.0561. The van der Waals surface area contributed by atoms with Crippen LogP contribution in [0.5, 0.6) is 0 Å². The molecule has 1 aromatic heterocycles. The highest BCUT2D eigenvalue weighted by Crippen LogP contribution is 2.24. The van der Waals surface area contributed by atoms with Gasteiger partial charge in [-0.05, 0) is 30.9 Å². The van der Waals surface area contributed by atoms with Crippen molar-refractivity contribution in [1.29, 1.82) is 0 Å². The van der Waals surface area contributed by atoms with E-state index in [1.165, 1.54) is 35.5 Å². The average Bonchev–Trinajstić information content (AvgIpc) is 2.97. The summed E-state index contributed by atoms with van der Waals surface area (Å²) < 4.78 is 0. The largest absolute Gasteiger partial charge is 0.327 e. The monoisotopic (exact) mass is 350 g/mol. The third-order valence-corrected chi connectivity index (χ3v) is 5.38. The molecule has 4 nitrogen and oxygen atoms in total. The second kappa shape index (κ2) is 7.90. The molecule has 0 atom stereocenters. The molecule has 0 spiro atoms. The molecule has 2 N–H and O–H groups in total. The number of nitrogens with one attached hydrogen (secondary N) is 2. The van der Waals surface area contributed by atoms with Gasteiger partial charge in [0.1, 0.15) is 0 Å². The van der Waals surface area contributed by atoms with E-state index in [0.717, 1.165) is 35.0 Å². The number of benzene rings is 1. The van der Waals surface area contributed by atoms with Crippen molar-refractivity contribution in [3.05, 3.63) is 45.9 Å². The Hall–Kier alpha value is -1.43. The van der Waals surface area contributed by atoms with E-state index in [-0.39, 0.29) is 5.91 Å². The predicted molar refractivity (Wildman–Crippen MR) is 94.4 cm³/mol. The second-order valence-corrected chi connectivity index (χ2v) is 7.46. The number of quaternary nitrogens is 1. The maximum Gasteiger partial charge on any atom is 0.281 e. The zero-order valence-electron chi connectivity index (χ0n) is 13.0. The van der Waals surface area contributed by atoms with Gasteiger partial charge >= 0.3 is 0 Å². The summed E-state index contributed by atoms with van der Waals surface area (Å²) in [5.41, 5.74) is 1.08. The van der Waals surface area contributed by atoms with Crippen LogP contribution >= 0.6 is 22.9 Å². The van der Waals surface area contributed by atoms with Crippen LogP contribution in [-0.2, 0) is 11.2 Å². The smallest absolute Gasteiger partial charge is 0.281 e. The van der Waals surface area contributed by atoms with Gasteiger partial charge in [-0.15, -0.1) is 11.3 Å². The third-order valence-electron chi connectivity index (χ3n) is 4.09. The molecule has 2 aromatic rings. The fourth-order valence-electron chi connectivity index (χ4n) is 2.90. The molecule has 1 saturated heterocycles. The van der Waals surface area contributed by atoms with Crippen molar-refractivity contribution in [2.24, 2.45) is 0 Å². The molecule has 1 aliphatic rings. The Kier molecular flexibility index (Phi) is 5.65. The summed E-state index contributed by atoms with van der Waals surface area (Å²) in [7, 11) is 0. The Labute approximate surface area is 145 Å². The van der Waals surface area contributed by atoms with Crippen molar-refractivity contribution in [2.75, 3.05) is 25.0 Å². The van der Waals surface area contributed by atoms with Crippen LogP contribution < -0.4 is 10.2 Å². The lowest BCUT2D eigenvalue weighted by atomic mass is 10.1. The molecule has 1 amide bonds. The molecule has 0 unspecified atom stereocenters. The molecule has 1 aliphatic heterocycles. The number of anilines is 1. The van der Waals surface area contributed by atoms with Crippen molar-refractivity contribution in [1.82, 2.24) is 4.98 Å². The number of aromatic nitrogens is 1. The van der Waals surface area contributed by atoms with Crippen LogP contribution in [0, 0.1) is 0 Å². The molecule has 23 heavy (non-hydrogen) atoms. The summed E-state index contributed by atoms with van der Waals surface area (Å²) in [6.45, 7) is 2.74. The first-order valence-electron chi connectivity index (χ1n) is 8.02. The van der Waals surface area contributed by atoms with E-state index in [4.69, 9.17) is 11.6 Å². The zero-order chi connectivity index (χ0) is 16.1. The Balaban J connectivity index is 1.54. The molecule has 0 aliphatic carbocycles. The van der Waals surface area contributed by atoms with Crippen molar-refractivity contribution < 1.29 is 9.69 Å². The summed E-state index contributed by atoms with van der Waals surface area (Å²) in [6, 6.07) is 7.81. The normalized spacial score (nSPS) is 15.5. The number of likely N-dealkylation sites (tertiary alicyclic amines) is 1. The minimum Gasteiger partial charge on any atom is -0.327 e. The molecular weight excluding hydrogens is 330 g/mol. The van der Waals surface area contributed by atoms with Crippen LogP contribution in [-0.4, -0.2) is 30.5 Å². The number of carbonyl (C=O) groups excluding carboxylic acids is 1. The van der Waals surface area contributed by atoms with E-state index in [2.05, 4.69) is 10.3 Å². The molecule has 1 aromatic carbocycles. The third kappa shape index (κ3) is 4.77. The molecule has 0 bridgehead atoms. The number of halogens is 1. The Morgan fingerprint density at radius 3 is 2.83 bits per heavy atom. The summed E-state index contributed by atoms with van der Waals surface area (Å²) in [5.74, 6) is 0.0561. The van der Waals surface area contributed by atoms with Gasteiger partial charge in [0.05, 0.1) is 13.1 Å². The molecule has 2 heterocycles. The quantitative estimate of drug-likeness (QED) is 0.869. The fraction of sp³-hybridized carbons (Fsp3) is 0.412. The standard InChI is InChI=1S/C17H20ClN3OS/c18-15-7-3-2-6-13(15)10-14-11-19-17(23-14)20-16(22)12-21-8-4-1-5-9-21/h2-3,6-7,11H,1,4-5,8-10,12H2,(H,19,20,22)/p+1. The average molecular weight is 351 g/mol. The van der Waals surface area contributed by atoms with Gasteiger partial charge in [0, 0.05) is 22.5 Å².